The lowest BCUT2D eigenvalue weighted by Gasteiger charge is -2.19. The second-order valence-corrected chi connectivity index (χ2v) is 7.42. The fourth-order valence-corrected chi connectivity index (χ4v) is 4.07. The third kappa shape index (κ3) is 3.66. The third-order valence-electron chi connectivity index (χ3n) is 3.98. The Kier molecular flexibility index (Phi) is 4.75. The van der Waals surface area contributed by atoms with Crippen LogP contribution in [0.4, 0.5) is 0 Å². The van der Waals surface area contributed by atoms with Crippen molar-refractivity contribution in [3.8, 4) is 0 Å². The van der Waals surface area contributed by atoms with Gasteiger partial charge in [-0.15, -0.1) is 0 Å². The highest BCUT2D eigenvalue weighted by Crippen LogP contribution is 2.12. The minimum absolute atomic E-state index is 0.378. The second-order valence-electron chi connectivity index (χ2n) is 5.66. The zero-order valence-corrected chi connectivity index (χ0v) is 13.4. The van der Waals surface area contributed by atoms with Gasteiger partial charge in [0, 0.05) is 38.4 Å². The fraction of sp³-hybridized carbons (Fsp3) is 0.533. The molecule has 0 bridgehead atoms. The van der Waals surface area contributed by atoms with Gasteiger partial charge in [0.2, 0.25) is 0 Å². The van der Waals surface area contributed by atoms with E-state index >= 15 is 0 Å². The molecular weight excluding hydrogens is 300 g/mol. The summed E-state index contributed by atoms with van der Waals surface area (Å²) in [6, 6.07) is 5.82. The molecule has 2 aromatic heterocycles. The monoisotopic (exact) mass is 322 g/mol. The number of nitrogens with zero attached hydrogens (tertiary/aromatic N) is 3. The molecule has 0 amide bonds. The van der Waals surface area contributed by atoms with Crippen molar-refractivity contribution in [3.63, 3.8) is 0 Å². The predicted octanol–water partition coefficient (Wildman–Crippen LogP) is 1.59. The quantitative estimate of drug-likeness (QED) is 0.909. The van der Waals surface area contributed by atoms with Gasteiger partial charge in [-0.3, -0.25) is 0 Å². The Morgan fingerprint density at radius 1 is 1.14 bits per heavy atom. The Balaban J connectivity index is 1.57. The van der Waals surface area contributed by atoms with Gasteiger partial charge in [-0.25, -0.2) is 9.71 Å². The van der Waals surface area contributed by atoms with Gasteiger partial charge in [-0.05, 0) is 25.0 Å². The summed E-state index contributed by atoms with van der Waals surface area (Å²) >= 11 is 0. The summed E-state index contributed by atoms with van der Waals surface area (Å²) in [6.45, 7) is 1.64. The molecule has 2 aromatic rings. The van der Waals surface area contributed by atoms with Crippen molar-refractivity contribution >= 4 is 15.9 Å². The Labute approximate surface area is 131 Å². The van der Waals surface area contributed by atoms with Crippen LogP contribution in [0.2, 0.25) is 0 Å². The number of fused-ring (bicyclic) bond motifs is 1. The Morgan fingerprint density at radius 2 is 1.91 bits per heavy atom. The van der Waals surface area contributed by atoms with Crippen molar-refractivity contribution in [2.75, 3.05) is 19.6 Å². The molecule has 3 heterocycles. The number of rotatable bonds is 5. The minimum Gasteiger partial charge on any atom is -0.307 e. The van der Waals surface area contributed by atoms with Crippen molar-refractivity contribution in [1.29, 1.82) is 0 Å². The van der Waals surface area contributed by atoms with E-state index in [1.807, 2.05) is 35.0 Å². The second kappa shape index (κ2) is 6.76. The maximum Gasteiger partial charge on any atom is 0.279 e. The Bertz CT molecular complexity index is 685. The van der Waals surface area contributed by atoms with Crippen LogP contribution in [0.25, 0.3) is 5.65 Å². The largest absolute Gasteiger partial charge is 0.307 e. The summed E-state index contributed by atoms with van der Waals surface area (Å²) in [4.78, 5) is 4.47. The van der Waals surface area contributed by atoms with Crippen molar-refractivity contribution in [2.24, 2.45) is 0 Å². The van der Waals surface area contributed by atoms with E-state index in [2.05, 4.69) is 9.71 Å². The molecule has 1 N–H and O–H groups in total. The average molecular weight is 322 g/mol. The molecule has 0 saturated carbocycles. The first kappa shape index (κ1) is 15.5. The van der Waals surface area contributed by atoms with Crippen LogP contribution in [-0.2, 0) is 16.6 Å². The van der Waals surface area contributed by atoms with Gasteiger partial charge >= 0.3 is 0 Å². The van der Waals surface area contributed by atoms with Gasteiger partial charge < -0.3 is 4.40 Å². The highest BCUT2D eigenvalue weighted by molar-refractivity contribution is 7.87. The lowest BCUT2D eigenvalue weighted by Crippen LogP contribution is -2.41. The van der Waals surface area contributed by atoms with E-state index in [1.165, 1.54) is 0 Å². The first-order valence-corrected chi connectivity index (χ1v) is 9.26. The summed E-state index contributed by atoms with van der Waals surface area (Å²) in [7, 11) is -3.36. The number of hydrogen-bond donors (Lipinski definition) is 1. The highest BCUT2D eigenvalue weighted by Gasteiger charge is 2.22. The Morgan fingerprint density at radius 3 is 2.64 bits per heavy atom. The van der Waals surface area contributed by atoms with E-state index in [0.29, 0.717) is 26.1 Å². The van der Waals surface area contributed by atoms with Gasteiger partial charge in [0.1, 0.15) is 5.65 Å². The third-order valence-corrected chi connectivity index (χ3v) is 5.60. The molecule has 3 rings (SSSR count). The SMILES string of the molecule is O=S(=O)(NCCc1cn2ccccc2n1)N1CCCCCC1. The van der Waals surface area contributed by atoms with E-state index in [4.69, 9.17) is 0 Å². The maximum atomic E-state index is 12.3. The zero-order chi connectivity index (χ0) is 15.4. The van der Waals surface area contributed by atoms with E-state index < -0.39 is 10.2 Å². The summed E-state index contributed by atoms with van der Waals surface area (Å²) in [5.74, 6) is 0. The van der Waals surface area contributed by atoms with Gasteiger partial charge in [0.05, 0.1) is 5.69 Å². The molecule has 1 aliphatic heterocycles. The lowest BCUT2D eigenvalue weighted by molar-refractivity contribution is 0.415. The predicted molar refractivity (Wildman–Crippen MR) is 85.9 cm³/mol. The molecule has 1 saturated heterocycles. The van der Waals surface area contributed by atoms with Gasteiger partial charge in [-0.2, -0.15) is 12.7 Å². The normalized spacial score (nSPS) is 17.6. The molecule has 0 unspecified atom stereocenters. The minimum atomic E-state index is -3.36. The molecule has 0 aliphatic carbocycles. The average Bonchev–Trinajstić information content (AvgIpc) is 2.71. The molecule has 120 valence electrons. The molecular formula is C15H22N4O2S. The molecule has 7 heteroatoms. The van der Waals surface area contributed by atoms with E-state index in [9.17, 15) is 8.42 Å². The topological polar surface area (TPSA) is 66.7 Å². The van der Waals surface area contributed by atoms with Gasteiger partial charge in [0.25, 0.3) is 10.2 Å². The molecule has 0 spiro atoms. The number of hydrogen-bond acceptors (Lipinski definition) is 3. The summed E-state index contributed by atoms with van der Waals surface area (Å²) in [5, 5.41) is 0. The number of pyridine rings is 1. The first-order chi connectivity index (χ1) is 10.6. The molecule has 0 radical (unpaired) electrons. The summed E-state index contributed by atoms with van der Waals surface area (Å²) < 4.78 is 30.8. The molecule has 22 heavy (non-hydrogen) atoms. The number of aromatic nitrogens is 2. The van der Waals surface area contributed by atoms with Crippen molar-refractivity contribution in [1.82, 2.24) is 18.4 Å². The standard InChI is InChI=1S/C15H22N4O2S/c20-22(21,19-11-4-1-2-5-12-19)16-9-8-14-13-18-10-6-3-7-15(18)17-14/h3,6-7,10,13,16H,1-2,4-5,8-9,11-12H2. The summed E-state index contributed by atoms with van der Waals surface area (Å²) in [5.41, 5.74) is 1.78. The van der Waals surface area contributed by atoms with Crippen LogP contribution < -0.4 is 4.72 Å². The van der Waals surface area contributed by atoms with Crippen LogP contribution in [0, 0.1) is 0 Å². The van der Waals surface area contributed by atoms with Gasteiger partial charge in [0.15, 0.2) is 0 Å². The smallest absolute Gasteiger partial charge is 0.279 e. The van der Waals surface area contributed by atoms with E-state index in [0.717, 1.165) is 37.0 Å². The Hall–Kier alpha value is -1.44. The number of imidazole rings is 1. The first-order valence-electron chi connectivity index (χ1n) is 7.82. The maximum absolute atomic E-state index is 12.3. The van der Waals surface area contributed by atoms with Crippen molar-refractivity contribution < 1.29 is 8.42 Å². The van der Waals surface area contributed by atoms with Gasteiger partial charge in [-0.1, -0.05) is 18.9 Å². The summed E-state index contributed by atoms with van der Waals surface area (Å²) in [6.07, 6.45) is 8.61. The van der Waals surface area contributed by atoms with Crippen molar-refractivity contribution in [3.05, 3.63) is 36.3 Å². The molecule has 6 nitrogen and oxygen atoms in total. The van der Waals surface area contributed by atoms with Crippen LogP contribution in [0.5, 0.6) is 0 Å². The van der Waals surface area contributed by atoms with Crippen LogP contribution in [-0.4, -0.2) is 41.7 Å². The van der Waals surface area contributed by atoms with E-state index in [-0.39, 0.29) is 0 Å². The van der Waals surface area contributed by atoms with Crippen LogP contribution in [0.15, 0.2) is 30.6 Å². The van der Waals surface area contributed by atoms with Crippen LogP contribution >= 0.6 is 0 Å². The van der Waals surface area contributed by atoms with Crippen molar-refractivity contribution in [2.45, 2.75) is 32.1 Å². The number of nitrogens with one attached hydrogen (secondary N) is 1. The zero-order valence-electron chi connectivity index (χ0n) is 12.6. The van der Waals surface area contributed by atoms with Crippen LogP contribution in [0.1, 0.15) is 31.4 Å². The van der Waals surface area contributed by atoms with E-state index in [1.54, 1.807) is 4.31 Å². The molecule has 1 fully saturated rings. The molecule has 1 aliphatic rings. The lowest BCUT2D eigenvalue weighted by atomic mass is 10.2. The highest BCUT2D eigenvalue weighted by atomic mass is 32.2. The molecule has 0 atom stereocenters. The molecule has 0 aromatic carbocycles. The fourth-order valence-electron chi connectivity index (χ4n) is 2.79. The van der Waals surface area contributed by atoms with Crippen LogP contribution in [0.3, 0.4) is 0 Å².